The molecule has 4 aromatic rings. The summed E-state index contributed by atoms with van der Waals surface area (Å²) in [6.45, 7) is 0.170. The molecule has 242 valence electrons. The number of ether oxygens (including phenoxy) is 3. The van der Waals surface area contributed by atoms with E-state index in [4.69, 9.17) is 29.8 Å². The first-order valence-corrected chi connectivity index (χ1v) is 14.9. The fourth-order valence-electron chi connectivity index (χ4n) is 5.36. The Labute approximate surface area is 270 Å². The van der Waals surface area contributed by atoms with Crippen molar-refractivity contribution in [2.75, 3.05) is 20.3 Å². The summed E-state index contributed by atoms with van der Waals surface area (Å²) in [6.07, 6.45) is -0.464. The summed E-state index contributed by atoms with van der Waals surface area (Å²) in [5.41, 5.74) is 10.0. The first-order chi connectivity index (χ1) is 22.9. The number of halogens is 2. The van der Waals surface area contributed by atoms with Crippen LogP contribution in [0.5, 0.6) is 11.5 Å². The predicted molar refractivity (Wildman–Crippen MR) is 171 cm³/mol. The summed E-state index contributed by atoms with van der Waals surface area (Å²) in [7, 11) is 1.53. The summed E-state index contributed by atoms with van der Waals surface area (Å²) >= 11 is 0. The van der Waals surface area contributed by atoms with Crippen LogP contribution in [-0.4, -0.2) is 42.8 Å². The Morgan fingerprint density at radius 2 is 1.81 bits per heavy atom. The molecule has 2 atom stereocenters. The highest BCUT2D eigenvalue weighted by molar-refractivity contribution is 6.01. The Kier molecular flexibility index (Phi) is 10.7. The van der Waals surface area contributed by atoms with Crippen molar-refractivity contribution in [2.45, 2.75) is 37.6 Å². The minimum Gasteiger partial charge on any atom is -0.497 e. The number of hydrogen-bond donors (Lipinski definition) is 2. The highest BCUT2D eigenvalue weighted by Gasteiger charge is 2.53. The molecule has 5 rings (SSSR count). The van der Waals surface area contributed by atoms with Crippen LogP contribution in [0.4, 0.5) is 8.78 Å². The molecule has 0 fully saturated rings. The lowest BCUT2D eigenvalue weighted by atomic mass is 9.80. The zero-order valence-electron chi connectivity index (χ0n) is 25.6. The maximum atomic E-state index is 14.6. The van der Waals surface area contributed by atoms with E-state index in [9.17, 15) is 13.6 Å². The molecule has 0 bridgehead atoms. The standard InChI is InChI=1S/C35H33F2N5O5/c1-45-30-9-4-8-24(18-30)32-35(20-25-6-2-3-7-26(25)22-40-42-38,34(44)39-21-27-10-13-28(36)19-31(27)37)41-33(47-32)23-11-14-29(15-12-23)46-17-5-16-43/h2-4,6-15,18-19,32,43H,5,16-17,20-22H2,1H3,(H,39,44)/t32-,35-/m1/s1. The van der Waals surface area contributed by atoms with Gasteiger partial charge in [0.15, 0.2) is 11.6 Å². The molecule has 1 amide bonds. The van der Waals surface area contributed by atoms with Crippen LogP contribution in [0.1, 0.15) is 40.3 Å². The van der Waals surface area contributed by atoms with Crippen LogP contribution in [-0.2, 0) is 29.0 Å². The molecule has 0 spiro atoms. The predicted octanol–water partition coefficient (Wildman–Crippen LogP) is 6.36. The second kappa shape index (κ2) is 15.2. The molecule has 1 aliphatic rings. The third-order valence-corrected chi connectivity index (χ3v) is 7.76. The van der Waals surface area contributed by atoms with Gasteiger partial charge in [-0.25, -0.2) is 13.8 Å². The summed E-state index contributed by atoms with van der Waals surface area (Å²) in [6, 6.07) is 24.5. The molecule has 0 radical (unpaired) electrons. The van der Waals surface area contributed by atoms with E-state index in [0.29, 0.717) is 46.8 Å². The SMILES string of the molecule is COc1cccc([C@H]2OC(c3ccc(OCCCO)cc3)=N[C@@]2(Cc2ccccc2CN=[N+]=[N-])C(=O)NCc2ccc(F)cc2F)c1. The van der Waals surface area contributed by atoms with Gasteiger partial charge in [0.1, 0.15) is 23.1 Å². The third-order valence-electron chi connectivity index (χ3n) is 7.76. The number of nitrogens with zero attached hydrogens (tertiary/aromatic N) is 4. The zero-order chi connectivity index (χ0) is 33.2. The Hall–Kier alpha value is -5.45. The minimum atomic E-state index is -1.64. The molecule has 0 aliphatic carbocycles. The van der Waals surface area contributed by atoms with E-state index in [1.807, 2.05) is 12.1 Å². The van der Waals surface area contributed by atoms with Gasteiger partial charge in [0.05, 0.1) is 20.3 Å². The van der Waals surface area contributed by atoms with E-state index in [-0.39, 0.29) is 37.6 Å². The summed E-state index contributed by atoms with van der Waals surface area (Å²) < 4.78 is 45.9. The molecule has 1 heterocycles. The zero-order valence-corrected chi connectivity index (χ0v) is 25.6. The average molecular weight is 642 g/mol. The van der Waals surface area contributed by atoms with Gasteiger partial charge in [-0.2, -0.15) is 0 Å². The molecule has 0 saturated heterocycles. The molecule has 2 N–H and O–H groups in total. The Morgan fingerprint density at radius 3 is 2.53 bits per heavy atom. The second-order valence-corrected chi connectivity index (χ2v) is 10.8. The fourth-order valence-corrected chi connectivity index (χ4v) is 5.36. The number of carbonyl (C=O) groups is 1. The smallest absolute Gasteiger partial charge is 0.252 e. The molecule has 0 aromatic heterocycles. The number of aliphatic hydroxyl groups is 1. The number of nitrogens with one attached hydrogen (secondary N) is 1. The lowest BCUT2D eigenvalue weighted by Crippen LogP contribution is -2.50. The summed E-state index contributed by atoms with van der Waals surface area (Å²) in [5, 5.41) is 15.6. The van der Waals surface area contributed by atoms with Crippen molar-refractivity contribution in [3.8, 4) is 11.5 Å². The first kappa shape index (κ1) is 32.9. The van der Waals surface area contributed by atoms with Crippen LogP contribution in [0.15, 0.2) is 101 Å². The van der Waals surface area contributed by atoms with Gasteiger partial charge in [-0.1, -0.05) is 47.6 Å². The number of carbonyl (C=O) groups excluding carboxylic acids is 1. The Morgan fingerprint density at radius 1 is 1.02 bits per heavy atom. The van der Waals surface area contributed by atoms with Crippen LogP contribution in [0, 0.1) is 11.6 Å². The van der Waals surface area contributed by atoms with Crippen LogP contribution >= 0.6 is 0 Å². The van der Waals surface area contributed by atoms with Gasteiger partial charge < -0.3 is 24.6 Å². The number of aliphatic imine (C=N–C) groups is 1. The largest absolute Gasteiger partial charge is 0.497 e. The van der Waals surface area contributed by atoms with Crippen molar-refractivity contribution in [2.24, 2.45) is 10.1 Å². The molecule has 4 aromatic carbocycles. The topological polar surface area (TPSA) is 138 Å². The van der Waals surface area contributed by atoms with E-state index in [1.54, 1.807) is 60.7 Å². The summed E-state index contributed by atoms with van der Waals surface area (Å²) in [5.74, 6) is -0.775. The highest BCUT2D eigenvalue weighted by Crippen LogP contribution is 2.44. The number of aliphatic hydroxyl groups excluding tert-OH is 1. The molecule has 1 aliphatic heterocycles. The van der Waals surface area contributed by atoms with Crippen LogP contribution in [0.3, 0.4) is 0 Å². The van der Waals surface area contributed by atoms with Gasteiger partial charge >= 0.3 is 0 Å². The van der Waals surface area contributed by atoms with Crippen molar-refractivity contribution < 1.29 is 32.9 Å². The first-order valence-electron chi connectivity index (χ1n) is 14.9. The minimum absolute atomic E-state index is 0.0122. The van der Waals surface area contributed by atoms with Crippen molar-refractivity contribution in [1.29, 1.82) is 0 Å². The number of methoxy groups -OCH3 is 1. The van der Waals surface area contributed by atoms with Crippen molar-refractivity contribution >= 4 is 11.8 Å². The van der Waals surface area contributed by atoms with E-state index in [2.05, 4.69) is 15.3 Å². The number of azide groups is 1. The van der Waals surface area contributed by atoms with Gasteiger partial charge in [0.2, 0.25) is 5.90 Å². The Bertz CT molecular complexity index is 1800. The maximum absolute atomic E-state index is 14.6. The summed E-state index contributed by atoms with van der Waals surface area (Å²) in [4.78, 5) is 22.4. The number of benzene rings is 4. The van der Waals surface area contributed by atoms with E-state index < -0.39 is 29.2 Å². The van der Waals surface area contributed by atoms with Gasteiger partial charge in [0.25, 0.3) is 5.91 Å². The molecule has 0 unspecified atom stereocenters. The molecule has 10 nitrogen and oxygen atoms in total. The Balaban J connectivity index is 1.61. The van der Waals surface area contributed by atoms with E-state index in [1.165, 1.54) is 13.2 Å². The van der Waals surface area contributed by atoms with Gasteiger partial charge in [-0.15, -0.1) is 0 Å². The van der Waals surface area contributed by atoms with Crippen molar-refractivity contribution in [3.05, 3.63) is 141 Å². The van der Waals surface area contributed by atoms with E-state index >= 15 is 0 Å². The molecule has 12 heteroatoms. The molecular weight excluding hydrogens is 608 g/mol. The van der Waals surface area contributed by atoms with E-state index in [0.717, 1.165) is 12.1 Å². The van der Waals surface area contributed by atoms with Crippen LogP contribution in [0.25, 0.3) is 10.4 Å². The van der Waals surface area contributed by atoms with Crippen LogP contribution < -0.4 is 14.8 Å². The fraction of sp³-hybridized carbons (Fsp3) is 0.257. The molecule has 0 saturated carbocycles. The highest BCUT2D eigenvalue weighted by atomic mass is 19.1. The molecule has 47 heavy (non-hydrogen) atoms. The lowest BCUT2D eigenvalue weighted by Gasteiger charge is -2.31. The number of rotatable bonds is 14. The third kappa shape index (κ3) is 7.69. The maximum Gasteiger partial charge on any atom is 0.252 e. The van der Waals surface area contributed by atoms with Crippen molar-refractivity contribution in [1.82, 2.24) is 5.32 Å². The molecular formula is C35H33F2N5O5. The number of amides is 1. The average Bonchev–Trinajstić information content (AvgIpc) is 3.48. The van der Waals surface area contributed by atoms with Crippen molar-refractivity contribution in [3.63, 3.8) is 0 Å². The van der Waals surface area contributed by atoms with Gasteiger partial charge in [0, 0.05) is 48.1 Å². The quantitative estimate of drug-likeness (QED) is 0.0714. The normalized spacial score (nSPS) is 16.9. The van der Waals surface area contributed by atoms with Gasteiger partial charge in [-0.05, 0) is 64.7 Å². The van der Waals surface area contributed by atoms with Gasteiger partial charge in [-0.3, -0.25) is 4.79 Å². The lowest BCUT2D eigenvalue weighted by molar-refractivity contribution is -0.129. The number of hydrogen-bond acceptors (Lipinski definition) is 7. The monoisotopic (exact) mass is 641 g/mol. The van der Waals surface area contributed by atoms with Crippen LogP contribution in [0.2, 0.25) is 0 Å². The second-order valence-electron chi connectivity index (χ2n) is 10.8.